The molecule has 0 radical (unpaired) electrons. The first-order valence-corrected chi connectivity index (χ1v) is 8.19. The fraction of sp³-hybridized carbons (Fsp3) is 0.235. The lowest BCUT2D eigenvalue weighted by atomic mass is 10.2. The predicted molar refractivity (Wildman–Crippen MR) is 90.9 cm³/mol. The van der Waals surface area contributed by atoms with Gasteiger partial charge in [-0.25, -0.2) is 0 Å². The van der Waals surface area contributed by atoms with Crippen molar-refractivity contribution in [3.05, 3.63) is 58.3 Å². The predicted octanol–water partition coefficient (Wildman–Crippen LogP) is 3.12. The normalized spacial score (nSPS) is 13.4. The van der Waals surface area contributed by atoms with Gasteiger partial charge >= 0.3 is 0 Å². The lowest BCUT2D eigenvalue weighted by Crippen LogP contribution is -2.23. The van der Waals surface area contributed by atoms with E-state index in [1.807, 2.05) is 24.3 Å². The SMILES string of the molecule is O=C(NCc1cccc(NC(=O)C2CC2)c1)c1cncc(Br)c1. The molecule has 3 rings (SSSR count). The molecule has 1 aliphatic rings. The van der Waals surface area contributed by atoms with Crippen LogP contribution in [0.2, 0.25) is 0 Å². The third-order valence-corrected chi connectivity index (χ3v) is 4.00. The fourth-order valence-electron chi connectivity index (χ4n) is 2.17. The highest BCUT2D eigenvalue weighted by Gasteiger charge is 2.29. The van der Waals surface area contributed by atoms with Crippen LogP contribution in [0, 0.1) is 5.92 Å². The maximum Gasteiger partial charge on any atom is 0.253 e. The number of rotatable bonds is 5. The molecule has 5 nitrogen and oxygen atoms in total. The molecule has 2 amide bonds. The number of carbonyl (C=O) groups excluding carboxylic acids is 2. The van der Waals surface area contributed by atoms with E-state index in [0.29, 0.717) is 12.1 Å². The molecule has 1 heterocycles. The van der Waals surface area contributed by atoms with Crippen LogP contribution in [0.4, 0.5) is 5.69 Å². The quantitative estimate of drug-likeness (QED) is 0.845. The second-order valence-electron chi connectivity index (χ2n) is 5.54. The number of carbonyl (C=O) groups is 2. The number of hydrogen-bond acceptors (Lipinski definition) is 3. The second kappa shape index (κ2) is 6.91. The molecule has 1 aliphatic carbocycles. The van der Waals surface area contributed by atoms with E-state index in [1.54, 1.807) is 12.3 Å². The van der Waals surface area contributed by atoms with E-state index in [2.05, 4.69) is 31.5 Å². The molecule has 0 atom stereocenters. The number of amides is 2. The van der Waals surface area contributed by atoms with Gasteiger partial charge in [-0.3, -0.25) is 14.6 Å². The van der Waals surface area contributed by atoms with Crippen LogP contribution < -0.4 is 10.6 Å². The molecule has 0 bridgehead atoms. The topological polar surface area (TPSA) is 71.1 Å². The zero-order valence-corrected chi connectivity index (χ0v) is 14.0. The molecule has 0 aliphatic heterocycles. The van der Waals surface area contributed by atoms with E-state index in [-0.39, 0.29) is 17.7 Å². The highest BCUT2D eigenvalue weighted by Crippen LogP contribution is 2.30. The van der Waals surface area contributed by atoms with Crippen LogP contribution in [-0.4, -0.2) is 16.8 Å². The Labute approximate surface area is 142 Å². The molecule has 1 fully saturated rings. The Kier molecular flexibility index (Phi) is 4.71. The van der Waals surface area contributed by atoms with Crippen LogP contribution in [0.25, 0.3) is 0 Å². The highest BCUT2D eigenvalue weighted by molar-refractivity contribution is 9.10. The third-order valence-electron chi connectivity index (χ3n) is 3.56. The van der Waals surface area contributed by atoms with Crippen molar-refractivity contribution >= 4 is 33.4 Å². The number of halogens is 1. The van der Waals surface area contributed by atoms with E-state index in [0.717, 1.165) is 28.6 Å². The molecular weight excluding hydrogens is 358 g/mol. The minimum absolute atomic E-state index is 0.0754. The average Bonchev–Trinajstić information content (AvgIpc) is 3.38. The Morgan fingerprint density at radius 2 is 2.04 bits per heavy atom. The number of pyridine rings is 1. The van der Waals surface area contributed by atoms with Crippen molar-refractivity contribution in [1.29, 1.82) is 0 Å². The molecule has 6 heteroatoms. The van der Waals surface area contributed by atoms with Gasteiger partial charge < -0.3 is 10.6 Å². The summed E-state index contributed by atoms with van der Waals surface area (Å²) in [5, 5.41) is 5.75. The van der Waals surface area contributed by atoms with Crippen LogP contribution in [0.15, 0.2) is 47.2 Å². The average molecular weight is 374 g/mol. The molecule has 23 heavy (non-hydrogen) atoms. The first-order valence-electron chi connectivity index (χ1n) is 7.40. The molecule has 2 aromatic rings. The zero-order valence-electron chi connectivity index (χ0n) is 12.4. The fourth-order valence-corrected chi connectivity index (χ4v) is 2.53. The number of nitrogens with one attached hydrogen (secondary N) is 2. The summed E-state index contributed by atoms with van der Waals surface area (Å²) in [7, 11) is 0. The lowest BCUT2D eigenvalue weighted by molar-refractivity contribution is -0.117. The van der Waals surface area contributed by atoms with Crippen molar-refractivity contribution in [2.45, 2.75) is 19.4 Å². The summed E-state index contributed by atoms with van der Waals surface area (Å²) in [6.45, 7) is 0.387. The minimum atomic E-state index is -0.189. The Bertz CT molecular complexity index is 744. The van der Waals surface area contributed by atoms with Crippen LogP contribution in [0.5, 0.6) is 0 Å². The van der Waals surface area contributed by atoms with E-state index in [9.17, 15) is 9.59 Å². The van der Waals surface area contributed by atoms with Crippen molar-refractivity contribution in [2.24, 2.45) is 5.92 Å². The Balaban J connectivity index is 1.59. The summed E-state index contributed by atoms with van der Waals surface area (Å²) in [4.78, 5) is 27.8. The highest BCUT2D eigenvalue weighted by atomic mass is 79.9. The number of aromatic nitrogens is 1. The summed E-state index contributed by atoms with van der Waals surface area (Å²) in [6, 6.07) is 9.22. The second-order valence-corrected chi connectivity index (χ2v) is 6.45. The largest absolute Gasteiger partial charge is 0.348 e. The van der Waals surface area contributed by atoms with E-state index >= 15 is 0 Å². The smallest absolute Gasteiger partial charge is 0.253 e. The monoisotopic (exact) mass is 373 g/mol. The van der Waals surface area contributed by atoms with Crippen LogP contribution in [0.3, 0.4) is 0 Å². The van der Waals surface area contributed by atoms with Crippen molar-refractivity contribution in [2.75, 3.05) is 5.32 Å². The van der Waals surface area contributed by atoms with Gasteiger partial charge in [0.25, 0.3) is 5.91 Å². The first kappa shape index (κ1) is 15.7. The van der Waals surface area contributed by atoms with Gasteiger partial charge in [0.1, 0.15) is 0 Å². The number of hydrogen-bond donors (Lipinski definition) is 2. The molecule has 1 saturated carbocycles. The van der Waals surface area contributed by atoms with Gasteiger partial charge in [0, 0.05) is 35.0 Å². The summed E-state index contributed by atoms with van der Waals surface area (Å²) in [6.07, 6.45) is 5.10. The first-order chi connectivity index (χ1) is 11.1. The Hall–Kier alpha value is -2.21. The number of benzene rings is 1. The molecule has 1 aromatic heterocycles. The third kappa shape index (κ3) is 4.39. The maximum atomic E-state index is 12.1. The Morgan fingerprint density at radius 3 is 2.78 bits per heavy atom. The van der Waals surface area contributed by atoms with E-state index in [4.69, 9.17) is 0 Å². The van der Waals surface area contributed by atoms with E-state index < -0.39 is 0 Å². The molecule has 0 spiro atoms. The summed E-state index contributed by atoms with van der Waals surface area (Å²) in [5.74, 6) is 0.0556. The Morgan fingerprint density at radius 1 is 1.22 bits per heavy atom. The van der Waals surface area contributed by atoms with Gasteiger partial charge in [0.05, 0.1) is 5.56 Å². The van der Waals surface area contributed by atoms with Gasteiger partial charge in [-0.1, -0.05) is 12.1 Å². The zero-order chi connectivity index (χ0) is 16.2. The number of anilines is 1. The van der Waals surface area contributed by atoms with Crippen LogP contribution in [-0.2, 0) is 11.3 Å². The number of nitrogens with zero attached hydrogens (tertiary/aromatic N) is 1. The summed E-state index contributed by atoms with van der Waals surface area (Å²) < 4.78 is 0.759. The van der Waals surface area contributed by atoms with Crippen LogP contribution in [0.1, 0.15) is 28.8 Å². The van der Waals surface area contributed by atoms with Gasteiger partial charge in [-0.15, -0.1) is 0 Å². The standard InChI is InChI=1S/C17H16BrN3O2/c18-14-7-13(9-19-10-14)16(22)20-8-11-2-1-3-15(6-11)21-17(23)12-4-5-12/h1-3,6-7,9-10,12H,4-5,8H2,(H,20,22)(H,21,23). The molecule has 1 aromatic carbocycles. The van der Waals surface area contributed by atoms with Crippen molar-refractivity contribution in [1.82, 2.24) is 10.3 Å². The lowest BCUT2D eigenvalue weighted by Gasteiger charge is -2.08. The van der Waals surface area contributed by atoms with Crippen molar-refractivity contribution in [3.63, 3.8) is 0 Å². The summed E-state index contributed by atoms with van der Waals surface area (Å²) >= 11 is 3.29. The molecule has 118 valence electrons. The van der Waals surface area contributed by atoms with Gasteiger partial charge in [-0.05, 0) is 52.5 Å². The maximum absolute atomic E-state index is 12.1. The minimum Gasteiger partial charge on any atom is -0.348 e. The van der Waals surface area contributed by atoms with Gasteiger partial charge in [-0.2, -0.15) is 0 Å². The van der Waals surface area contributed by atoms with Crippen LogP contribution >= 0.6 is 15.9 Å². The van der Waals surface area contributed by atoms with Crippen molar-refractivity contribution < 1.29 is 9.59 Å². The van der Waals surface area contributed by atoms with Gasteiger partial charge in [0.15, 0.2) is 0 Å². The van der Waals surface area contributed by atoms with Gasteiger partial charge in [0.2, 0.25) is 5.91 Å². The summed E-state index contributed by atoms with van der Waals surface area (Å²) in [5.41, 5.74) is 2.19. The van der Waals surface area contributed by atoms with Crippen molar-refractivity contribution in [3.8, 4) is 0 Å². The van der Waals surface area contributed by atoms with E-state index in [1.165, 1.54) is 6.20 Å². The molecule has 0 unspecified atom stereocenters. The molecule has 0 saturated heterocycles. The molecule has 2 N–H and O–H groups in total. The molecular formula is C17H16BrN3O2.